The normalized spacial score (nSPS) is 27.5. The molecule has 1 N–H and O–H groups in total. The molecule has 0 unspecified atom stereocenters. The van der Waals surface area contributed by atoms with E-state index in [1.54, 1.807) is 0 Å². The molecule has 0 bridgehead atoms. The van der Waals surface area contributed by atoms with E-state index in [2.05, 4.69) is 0 Å². The lowest BCUT2D eigenvalue weighted by Gasteiger charge is -2.33. The van der Waals surface area contributed by atoms with E-state index in [4.69, 9.17) is 16.3 Å². The minimum absolute atomic E-state index is 0.0537. The molecule has 0 radical (unpaired) electrons. The number of hydrogen-bond acceptors (Lipinski definition) is 3. The Morgan fingerprint density at radius 2 is 2.23 bits per heavy atom. The molecule has 3 rings (SSSR count). The van der Waals surface area contributed by atoms with Crippen molar-refractivity contribution in [3.63, 3.8) is 0 Å². The van der Waals surface area contributed by atoms with Crippen LogP contribution < -0.4 is 0 Å². The van der Waals surface area contributed by atoms with Gasteiger partial charge >= 0.3 is 5.97 Å². The van der Waals surface area contributed by atoms with E-state index < -0.39 is 17.2 Å². The highest BCUT2D eigenvalue weighted by atomic mass is 35.5. The fourth-order valence-electron chi connectivity index (χ4n) is 3.27. The smallest absolute Gasteiger partial charge is 0.311 e. The van der Waals surface area contributed by atoms with E-state index in [1.807, 2.05) is 0 Å². The molecule has 118 valence electrons. The summed E-state index contributed by atoms with van der Waals surface area (Å²) in [5.41, 5.74) is -0.791. The van der Waals surface area contributed by atoms with Gasteiger partial charge in [-0.25, -0.2) is 4.39 Å². The molecule has 0 spiro atoms. The first-order valence-electron chi connectivity index (χ1n) is 6.99. The van der Waals surface area contributed by atoms with Gasteiger partial charge in [0.25, 0.3) is 5.91 Å². The number of benzene rings is 1. The first-order chi connectivity index (χ1) is 10.4. The van der Waals surface area contributed by atoms with Crippen LogP contribution in [0.2, 0.25) is 5.02 Å². The van der Waals surface area contributed by atoms with Gasteiger partial charge in [0.1, 0.15) is 5.82 Å². The minimum atomic E-state index is -0.959. The van der Waals surface area contributed by atoms with Crippen LogP contribution >= 0.6 is 11.6 Å². The SMILES string of the molecule is O=C(c1ccc(Cl)c(F)c1)N1C[C@H]2COCC[C@@]2(C(=O)O)C1. The molecule has 0 aromatic heterocycles. The summed E-state index contributed by atoms with van der Waals surface area (Å²) < 4.78 is 18.9. The van der Waals surface area contributed by atoms with E-state index in [-0.39, 0.29) is 29.0 Å². The number of rotatable bonds is 2. The maximum absolute atomic E-state index is 13.5. The van der Waals surface area contributed by atoms with Crippen molar-refractivity contribution in [2.75, 3.05) is 26.3 Å². The third-order valence-corrected chi connectivity index (χ3v) is 4.89. The Balaban J connectivity index is 1.85. The summed E-state index contributed by atoms with van der Waals surface area (Å²) in [6.07, 6.45) is 0.381. The lowest BCUT2D eigenvalue weighted by Crippen LogP contribution is -2.45. The summed E-state index contributed by atoms with van der Waals surface area (Å²) in [5, 5.41) is 9.53. The molecule has 2 atom stereocenters. The van der Waals surface area contributed by atoms with Crippen LogP contribution in [0.5, 0.6) is 0 Å². The molecule has 2 aliphatic heterocycles. The molecule has 0 aliphatic carbocycles. The van der Waals surface area contributed by atoms with Gasteiger partial charge in [-0.2, -0.15) is 0 Å². The van der Waals surface area contributed by atoms with Crippen molar-refractivity contribution in [2.24, 2.45) is 11.3 Å². The molecule has 22 heavy (non-hydrogen) atoms. The Labute approximate surface area is 131 Å². The van der Waals surface area contributed by atoms with Crippen molar-refractivity contribution in [2.45, 2.75) is 6.42 Å². The fraction of sp³-hybridized carbons (Fsp3) is 0.467. The summed E-state index contributed by atoms with van der Waals surface area (Å²) >= 11 is 5.61. The molecule has 2 aliphatic rings. The Kier molecular flexibility index (Phi) is 3.82. The Morgan fingerprint density at radius 1 is 1.45 bits per heavy atom. The van der Waals surface area contributed by atoms with Crippen LogP contribution in [0.1, 0.15) is 16.8 Å². The lowest BCUT2D eigenvalue weighted by molar-refractivity contribution is -0.157. The lowest BCUT2D eigenvalue weighted by atomic mass is 9.74. The second-order valence-electron chi connectivity index (χ2n) is 5.80. The fourth-order valence-corrected chi connectivity index (χ4v) is 3.38. The van der Waals surface area contributed by atoms with Crippen molar-refractivity contribution in [3.05, 3.63) is 34.6 Å². The Hall–Kier alpha value is -1.66. The van der Waals surface area contributed by atoms with Crippen LogP contribution in [0.3, 0.4) is 0 Å². The monoisotopic (exact) mass is 327 g/mol. The number of carbonyl (C=O) groups excluding carboxylic acids is 1. The van der Waals surface area contributed by atoms with Gasteiger partial charge in [-0.05, 0) is 24.6 Å². The molecule has 1 aromatic carbocycles. The van der Waals surface area contributed by atoms with Crippen LogP contribution in [0.15, 0.2) is 18.2 Å². The summed E-state index contributed by atoms with van der Waals surface area (Å²) in [6, 6.07) is 3.85. The molecule has 2 heterocycles. The maximum Gasteiger partial charge on any atom is 0.311 e. The Morgan fingerprint density at radius 3 is 2.86 bits per heavy atom. The van der Waals surface area contributed by atoms with Gasteiger partial charge in [0.15, 0.2) is 0 Å². The molecular formula is C15H15ClFNO4. The average molecular weight is 328 g/mol. The molecule has 0 saturated carbocycles. The molecule has 2 fully saturated rings. The molecule has 7 heteroatoms. The maximum atomic E-state index is 13.5. The molecule has 1 amide bonds. The van der Waals surface area contributed by atoms with E-state index >= 15 is 0 Å². The van der Waals surface area contributed by atoms with Crippen LogP contribution in [0.4, 0.5) is 4.39 Å². The van der Waals surface area contributed by atoms with Crippen LogP contribution in [0, 0.1) is 17.2 Å². The summed E-state index contributed by atoms with van der Waals surface area (Å²) in [6.45, 7) is 1.13. The summed E-state index contributed by atoms with van der Waals surface area (Å²) in [5.74, 6) is -2.19. The third-order valence-electron chi connectivity index (χ3n) is 4.59. The summed E-state index contributed by atoms with van der Waals surface area (Å²) in [4.78, 5) is 25.7. The zero-order valence-electron chi connectivity index (χ0n) is 11.7. The number of nitrogens with zero attached hydrogens (tertiary/aromatic N) is 1. The number of amides is 1. The number of carbonyl (C=O) groups is 2. The van der Waals surface area contributed by atoms with Gasteiger partial charge in [0.05, 0.1) is 17.0 Å². The second-order valence-corrected chi connectivity index (χ2v) is 6.20. The second kappa shape index (κ2) is 5.52. The number of halogens is 2. The third kappa shape index (κ3) is 2.36. The summed E-state index contributed by atoms with van der Waals surface area (Å²) in [7, 11) is 0. The minimum Gasteiger partial charge on any atom is -0.481 e. The first kappa shape index (κ1) is 15.2. The number of carboxylic acids is 1. The Bertz CT molecular complexity index is 638. The van der Waals surface area contributed by atoms with Crippen molar-refractivity contribution < 1.29 is 23.8 Å². The quantitative estimate of drug-likeness (QED) is 0.902. The average Bonchev–Trinajstić information content (AvgIpc) is 2.90. The van der Waals surface area contributed by atoms with Gasteiger partial charge in [-0.1, -0.05) is 11.6 Å². The standard InChI is InChI=1S/C15H15ClFNO4/c16-11-2-1-9(5-12(11)17)13(19)18-6-10-7-22-4-3-15(10,8-18)14(20)21/h1-2,5,10H,3-4,6-8H2,(H,20,21)/t10-,15+/m0/s1. The molecule has 2 saturated heterocycles. The van der Waals surface area contributed by atoms with Crippen LogP contribution in [0.25, 0.3) is 0 Å². The van der Waals surface area contributed by atoms with E-state index in [9.17, 15) is 19.1 Å². The number of aliphatic carboxylic acids is 1. The van der Waals surface area contributed by atoms with E-state index in [0.717, 1.165) is 6.07 Å². The zero-order chi connectivity index (χ0) is 15.9. The van der Waals surface area contributed by atoms with Gasteiger partial charge in [-0.3, -0.25) is 9.59 Å². The largest absolute Gasteiger partial charge is 0.481 e. The van der Waals surface area contributed by atoms with Crippen molar-refractivity contribution in [1.82, 2.24) is 4.90 Å². The highest BCUT2D eigenvalue weighted by molar-refractivity contribution is 6.30. The number of fused-ring (bicyclic) bond motifs is 1. The van der Waals surface area contributed by atoms with Crippen molar-refractivity contribution in [1.29, 1.82) is 0 Å². The van der Waals surface area contributed by atoms with E-state index in [0.29, 0.717) is 26.2 Å². The molecule has 1 aromatic rings. The number of ether oxygens (including phenoxy) is 1. The predicted molar refractivity (Wildman–Crippen MR) is 76.3 cm³/mol. The number of carboxylic acid groups (broad SMARTS) is 1. The van der Waals surface area contributed by atoms with E-state index in [1.165, 1.54) is 17.0 Å². The van der Waals surface area contributed by atoms with Crippen molar-refractivity contribution >= 4 is 23.5 Å². The predicted octanol–water partition coefficient (Wildman–Crippen LogP) is 2.04. The van der Waals surface area contributed by atoms with Gasteiger partial charge in [-0.15, -0.1) is 0 Å². The van der Waals surface area contributed by atoms with Crippen molar-refractivity contribution in [3.8, 4) is 0 Å². The highest BCUT2D eigenvalue weighted by Gasteiger charge is 2.54. The number of likely N-dealkylation sites (tertiary alicyclic amines) is 1. The van der Waals surface area contributed by atoms with Gasteiger partial charge < -0.3 is 14.7 Å². The highest BCUT2D eigenvalue weighted by Crippen LogP contribution is 2.42. The zero-order valence-corrected chi connectivity index (χ0v) is 12.5. The topological polar surface area (TPSA) is 66.8 Å². The van der Waals surface area contributed by atoms with Gasteiger partial charge in [0.2, 0.25) is 0 Å². The number of hydrogen-bond donors (Lipinski definition) is 1. The molecule has 5 nitrogen and oxygen atoms in total. The van der Waals surface area contributed by atoms with Gasteiger partial charge in [0, 0.05) is 31.2 Å². The van der Waals surface area contributed by atoms with Crippen LogP contribution in [-0.2, 0) is 9.53 Å². The molecular weight excluding hydrogens is 313 g/mol. The van der Waals surface area contributed by atoms with Crippen LogP contribution in [-0.4, -0.2) is 48.2 Å². The first-order valence-corrected chi connectivity index (χ1v) is 7.37.